The fraction of sp³-hybridized carbons (Fsp3) is 0.500. The number of rotatable bonds is 3. The lowest BCUT2D eigenvalue weighted by molar-refractivity contribution is -0.384. The molecule has 114 valence electrons. The first-order chi connectivity index (χ1) is 9.81. The number of piperidine rings is 1. The predicted molar refractivity (Wildman–Crippen MR) is 80.0 cm³/mol. The zero-order valence-corrected chi connectivity index (χ0v) is 12.6. The standard InChI is InChI=1S/C14H17ClN2O4/c1-8-5-13(17(20)21)11(15)7-12(8)16-4-3-10(14(18)19)6-9(16)2/h5,7,9-10H,3-4,6H2,1-2H3,(H,18,19). The van der Waals surface area contributed by atoms with Gasteiger partial charge in [-0.25, -0.2) is 0 Å². The molecule has 0 saturated carbocycles. The monoisotopic (exact) mass is 312 g/mol. The van der Waals surface area contributed by atoms with E-state index in [2.05, 4.69) is 4.90 Å². The van der Waals surface area contributed by atoms with E-state index in [0.717, 1.165) is 11.3 Å². The van der Waals surface area contributed by atoms with Gasteiger partial charge >= 0.3 is 5.97 Å². The number of aryl methyl sites for hydroxylation is 1. The van der Waals surface area contributed by atoms with Crippen molar-refractivity contribution in [2.24, 2.45) is 5.92 Å². The molecule has 0 amide bonds. The van der Waals surface area contributed by atoms with E-state index in [0.29, 0.717) is 19.4 Å². The Morgan fingerprint density at radius 1 is 1.52 bits per heavy atom. The summed E-state index contributed by atoms with van der Waals surface area (Å²) in [5, 5.41) is 20.1. The Morgan fingerprint density at radius 2 is 2.19 bits per heavy atom. The summed E-state index contributed by atoms with van der Waals surface area (Å²) in [5.41, 5.74) is 1.50. The minimum absolute atomic E-state index is 0.0519. The van der Waals surface area contributed by atoms with Crippen molar-refractivity contribution in [2.45, 2.75) is 32.7 Å². The largest absolute Gasteiger partial charge is 0.481 e. The van der Waals surface area contributed by atoms with Crippen LogP contribution in [0.3, 0.4) is 0 Å². The summed E-state index contributed by atoms with van der Waals surface area (Å²) < 4.78 is 0. The lowest BCUT2D eigenvalue weighted by Gasteiger charge is -2.38. The Hall–Kier alpha value is -1.82. The molecule has 2 atom stereocenters. The molecular formula is C14H17ClN2O4. The van der Waals surface area contributed by atoms with Crippen LogP contribution in [0.15, 0.2) is 12.1 Å². The molecule has 6 nitrogen and oxygen atoms in total. The Labute approximate surface area is 127 Å². The molecule has 1 fully saturated rings. The van der Waals surface area contributed by atoms with Crippen molar-refractivity contribution in [3.63, 3.8) is 0 Å². The number of nitrogens with zero attached hydrogens (tertiary/aromatic N) is 2. The second-order valence-electron chi connectivity index (χ2n) is 5.45. The van der Waals surface area contributed by atoms with Crippen LogP contribution in [0.4, 0.5) is 11.4 Å². The molecule has 0 radical (unpaired) electrons. The average molecular weight is 313 g/mol. The van der Waals surface area contributed by atoms with Gasteiger partial charge in [0.05, 0.1) is 10.8 Å². The third-order valence-corrected chi connectivity index (χ3v) is 4.30. The van der Waals surface area contributed by atoms with Crippen molar-refractivity contribution < 1.29 is 14.8 Å². The lowest BCUT2D eigenvalue weighted by atomic mass is 9.91. The normalized spacial score (nSPS) is 22.1. The van der Waals surface area contributed by atoms with E-state index < -0.39 is 10.9 Å². The minimum atomic E-state index is -0.764. The minimum Gasteiger partial charge on any atom is -0.481 e. The summed E-state index contributed by atoms with van der Waals surface area (Å²) >= 11 is 5.98. The number of carboxylic acids is 1. The molecule has 0 bridgehead atoms. The number of nitro groups is 1. The SMILES string of the molecule is Cc1cc([N+](=O)[O-])c(Cl)cc1N1CCC(C(=O)O)CC1C. The van der Waals surface area contributed by atoms with Crippen molar-refractivity contribution in [2.75, 3.05) is 11.4 Å². The van der Waals surface area contributed by atoms with Crippen molar-refractivity contribution in [3.8, 4) is 0 Å². The van der Waals surface area contributed by atoms with Gasteiger partial charge in [-0.2, -0.15) is 0 Å². The third kappa shape index (κ3) is 3.10. The maximum absolute atomic E-state index is 11.1. The Morgan fingerprint density at radius 3 is 2.71 bits per heavy atom. The van der Waals surface area contributed by atoms with E-state index in [4.69, 9.17) is 16.7 Å². The maximum Gasteiger partial charge on any atom is 0.306 e. The number of halogens is 1. The summed E-state index contributed by atoms with van der Waals surface area (Å²) in [4.78, 5) is 23.5. The van der Waals surface area contributed by atoms with Crippen LogP contribution in [0.5, 0.6) is 0 Å². The highest BCUT2D eigenvalue weighted by Gasteiger charge is 2.31. The molecule has 1 heterocycles. The van der Waals surface area contributed by atoms with E-state index in [9.17, 15) is 14.9 Å². The number of anilines is 1. The van der Waals surface area contributed by atoms with Gasteiger partial charge in [-0.3, -0.25) is 14.9 Å². The maximum atomic E-state index is 11.1. The molecule has 0 spiro atoms. The van der Waals surface area contributed by atoms with Crippen molar-refractivity contribution in [3.05, 3.63) is 32.8 Å². The van der Waals surface area contributed by atoms with E-state index >= 15 is 0 Å². The highest BCUT2D eigenvalue weighted by Crippen LogP contribution is 2.36. The zero-order chi connectivity index (χ0) is 15.7. The lowest BCUT2D eigenvalue weighted by Crippen LogP contribution is -2.43. The first-order valence-corrected chi connectivity index (χ1v) is 7.13. The van der Waals surface area contributed by atoms with Crippen LogP contribution in [0, 0.1) is 23.0 Å². The van der Waals surface area contributed by atoms with Crippen LogP contribution in [-0.4, -0.2) is 28.6 Å². The molecule has 1 aliphatic heterocycles. The van der Waals surface area contributed by atoms with E-state index in [-0.39, 0.29) is 22.7 Å². The number of carboxylic acid groups (broad SMARTS) is 1. The van der Waals surface area contributed by atoms with Crippen molar-refractivity contribution in [1.29, 1.82) is 0 Å². The van der Waals surface area contributed by atoms with Crippen molar-refractivity contribution in [1.82, 2.24) is 0 Å². The summed E-state index contributed by atoms with van der Waals surface area (Å²) in [7, 11) is 0. The molecular weight excluding hydrogens is 296 g/mol. The van der Waals surface area contributed by atoms with Gasteiger partial charge in [-0.05, 0) is 38.3 Å². The summed E-state index contributed by atoms with van der Waals surface area (Å²) in [6.07, 6.45) is 1.12. The molecule has 2 unspecified atom stereocenters. The molecule has 1 N–H and O–H groups in total. The van der Waals surface area contributed by atoms with Crippen LogP contribution in [0.25, 0.3) is 0 Å². The first kappa shape index (κ1) is 15.6. The molecule has 1 aromatic rings. The molecule has 1 aromatic carbocycles. The molecule has 0 aromatic heterocycles. The fourth-order valence-electron chi connectivity index (χ4n) is 2.86. The average Bonchev–Trinajstić information content (AvgIpc) is 2.40. The van der Waals surface area contributed by atoms with E-state index in [1.54, 1.807) is 13.0 Å². The number of aliphatic carboxylic acids is 1. The molecule has 1 saturated heterocycles. The van der Waals surface area contributed by atoms with Crippen LogP contribution in [-0.2, 0) is 4.79 Å². The number of nitro benzene ring substituents is 1. The predicted octanol–water partition coefficient (Wildman–Crippen LogP) is 3.25. The molecule has 7 heteroatoms. The van der Waals surface area contributed by atoms with Crippen LogP contribution >= 0.6 is 11.6 Å². The molecule has 2 rings (SSSR count). The molecule has 0 aliphatic carbocycles. The second-order valence-corrected chi connectivity index (χ2v) is 5.86. The van der Waals surface area contributed by atoms with Gasteiger partial charge in [-0.1, -0.05) is 11.6 Å². The Bertz CT molecular complexity index is 591. The summed E-state index contributed by atoms with van der Waals surface area (Å²) in [5.74, 6) is -1.09. The Balaban J connectivity index is 2.29. The van der Waals surface area contributed by atoms with Crippen molar-refractivity contribution >= 4 is 28.9 Å². The van der Waals surface area contributed by atoms with Gasteiger partial charge in [0.1, 0.15) is 5.02 Å². The Kier molecular flexibility index (Phi) is 4.37. The quantitative estimate of drug-likeness (QED) is 0.684. The van der Waals surface area contributed by atoms with Gasteiger partial charge in [0.15, 0.2) is 0 Å². The van der Waals surface area contributed by atoms with Crippen LogP contribution in [0.2, 0.25) is 5.02 Å². The second kappa shape index (κ2) is 5.89. The van der Waals surface area contributed by atoms with Gasteiger partial charge in [0.25, 0.3) is 5.69 Å². The van der Waals surface area contributed by atoms with Crippen LogP contribution in [0.1, 0.15) is 25.3 Å². The molecule has 21 heavy (non-hydrogen) atoms. The third-order valence-electron chi connectivity index (χ3n) is 4.00. The number of hydrogen-bond acceptors (Lipinski definition) is 4. The smallest absolute Gasteiger partial charge is 0.306 e. The zero-order valence-electron chi connectivity index (χ0n) is 11.9. The highest BCUT2D eigenvalue weighted by atomic mass is 35.5. The van der Waals surface area contributed by atoms with Gasteiger partial charge in [0.2, 0.25) is 0 Å². The highest BCUT2D eigenvalue weighted by molar-refractivity contribution is 6.33. The number of benzene rings is 1. The summed E-state index contributed by atoms with van der Waals surface area (Å²) in [6.45, 7) is 4.37. The van der Waals surface area contributed by atoms with Crippen LogP contribution < -0.4 is 4.90 Å². The fourth-order valence-corrected chi connectivity index (χ4v) is 3.09. The molecule has 1 aliphatic rings. The first-order valence-electron chi connectivity index (χ1n) is 6.75. The number of hydrogen-bond donors (Lipinski definition) is 1. The van der Waals surface area contributed by atoms with Gasteiger partial charge in [-0.15, -0.1) is 0 Å². The van der Waals surface area contributed by atoms with Gasteiger partial charge in [0, 0.05) is 24.3 Å². The summed E-state index contributed by atoms with van der Waals surface area (Å²) in [6, 6.07) is 3.12. The topological polar surface area (TPSA) is 83.7 Å². The van der Waals surface area contributed by atoms with Gasteiger partial charge < -0.3 is 10.0 Å². The number of carbonyl (C=O) groups is 1. The van der Waals surface area contributed by atoms with E-state index in [1.165, 1.54) is 6.07 Å². The van der Waals surface area contributed by atoms with E-state index in [1.807, 2.05) is 6.92 Å².